The van der Waals surface area contributed by atoms with E-state index in [4.69, 9.17) is 0 Å². The maximum absolute atomic E-state index is 10.6. The van der Waals surface area contributed by atoms with Crippen LogP contribution in [0, 0.1) is 0 Å². The fourth-order valence-corrected chi connectivity index (χ4v) is 2.23. The Morgan fingerprint density at radius 3 is 1.00 bits per heavy atom. The molecule has 55 valence electrons. The van der Waals surface area contributed by atoms with Crippen molar-refractivity contribution in [2.45, 2.75) is 20.8 Å². The molecule has 1 radical (unpaired) electrons. The van der Waals surface area contributed by atoms with Gasteiger partial charge in [0.05, 0.1) is 0 Å². The number of carbonyl (C=O) groups is 3. The highest BCUT2D eigenvalue weighted by atomic mass is 28.3. The fraction of sp³-hybridized carbons (Fsp3) is 0.500. The molecule has 0 saturated carbocycles. The molecule has 0 atom stereocenters. The van der Waals surface area contributed by atoms with Crippen molar-refractivity contribution >= 4 is 25.0 Å². The summed E-state index contributed by atoms with van der Waals surface area (Å²) >= 11 is 0. The zero-order chi connectivity index (χ0) is 8.31. The van der Waals surface area contributed by atoms with E-state index in [0.717, 1.165) is 0 Å². The van der Waals surface area contributed by atoms with E-state index in [9.17, 15) is 14.4 Å². The number of hydrogen-bond donors (Lipinski definition) is 0. The molecule has 0 aromatic carbocycles. The molecule has 0 saturated heterocycles. The summed E-state index contributed by atoms with van der Waals surface area (Å²) in [5, 5.41) is -0.819. The van der Waals surface area contributed by atoms with Gasteiger partial charge >= 0.3 is 0 Å². The minimum Gasteiger partial charge on any atom is -0.305 e. The van der Waals surface area contributed by atoms with Crippen molar-refractivity contribution in [2.24, 2.45) is 0 Å². The molecular formula is C6H9O3Si. The molecule has 0 aliphatic heterocycles. The van der Waals surface area contributed by atoms with E-state index in [1.54, 1.807) is 0 Å². The summed E-state index contributed by atoms with van der Waals surface area (Å²) in [4.78, 5) is 31.9. The maximum Gasteiger partial charge on any atom is 0.293 e. The highest BCUT2D eigenvalue weighted by Gasteiger charge is 2.28. The fourth-order valence-electron chi connectivity index (χ4n) is 0.744. The average molecular weight is 157 g/mol. The lowest BCUT2D eigenvalue weighted by atomic mass is 10.9. The van der Waals surface area contributed by atoms with Crippen LogP contribution in [0.15, 0.2) is 0 Å². The van der Waals surface area contributed by atoms with E-state index in [2.05, 4.69) is 0 Å². The first-order chi connectivity index (χ1) is 4.46. The van der Waals surface area contributed by atoms with Crippen LogP contribution in [0.1, 0.15) is 20.8 Å². The van der Waals surface area contributed by atoms with Gasteiger partial charge in [0.15, 0.2) is 0 Å². The predicted octanol–water partition coefficient (Wildman–Crippen LogP) is -0.134. The van der Waals surface area contributed by atoms with E-state index in [1.165, 1.54) is 20.8 Å². The Hall–Kier alpha value is -0.773. The summed E-state index contributed by atoms with van der Waals surface area (Å²) in [6.07, 6.45) is 0. The predicted molar refractivity (Wildman–Crippen MR) is 37.8 cm³/mol. The van der Waals surface area contributed by atoms with Crippen molar-refractivity contribution in [1.82, 2.24) is 0 Å². The second-order valence-electron chi connectivity index (χ2n) is 2.04. The van der Waals surface area contributed by atoms with E-state index >= 15 is 0 Å². The van der Waals surface area contributed by atoms with Gasteiger partial charge in [0.25, 0.3) is 8.80 Å². The van der Waals surface area contributed by atoms with Crippen molar-refractivity contribution in [1.29, 1.82) is 0 Å². The first-order valence-electron chi connectivity index (χ1n) is 2.86. The molecule has 4 heteroatoms. The van der Waals surface area contributed by atoms with Crippen LogP contribution in [-0.2, 0) is 14.4 Å². The van der Waals surface area contributed by atoms with Crippen LogP contribution >= 0.6 is 0 Å². The second kappa shape index (κ2) is 3.41. The Balaban J connectivity index is 4.43. The topological polar surface area (TPSA) is 51.2 Å². The normalized spacial score (nSPS) is 9.60. The molecule has 0 amide bonds. The van der Waals surface area contributed by atoms with Gasteiger partial charge in [-0.2, -0.15) is 0 Å². The third-order valence-electron chi connectivity index (χ3n) is 1.06. The van der Waals surface area contributed by atoms with Gasteiger partial charge in [0, 0.05) is 0 Å². The van der Waals surface area contributed by atoms with Gasteiger partial charge in [-0.05, 0) is 20.8 Å². The molecule has 10 heavy (non-hydrogen) atoms. The Morgan fingerprint density at radius 1 is 0.800 bits per heavy atom. The van der Waals surface area contributed by atoms with Crippen molar-refractivity contribution in [2.75, 3.05) is 0 Å². The van der Waals surface area contributed by atoms with Crippen LogP contribution in [0.2, 0.25) is 0 Å². The Labute approximate surface area is 61.0 Å². The summed E-state index contributed by atoms with van der Waals surface area (Å²) in [5.74, 6) is 0. The highest BCUT2D eigenvalue weighted by molar-refractivity contribution is 7.27. The van der Waals surface area contributed by atoms with E-state index in [1.807, 2.05) is 0 Å². The molecule has 0 bridgehead atoms. The molecular weight excluding hydrogens is 148 g/mol. The van der Waals surface area contributed by atoms with Crippen LogP contribution in [-0.4, -0.2) is 25.0 Å². The van der Waals surface area contributed by atoms with Crippen molar-refractivity contribution < 1.29 is 14.4 Å². The smallest absolute Gasteiger partial charge is 0.293 e. The first-order valence-corrected chi connectivity index (χ1v) is 4.36. The minimum absolute atomic E-state index is 0.273. The second-order valence-corrected chi connectivity index (χ2v) is 4.91. The Morgan fingerprint density at radius 2 is 1.00 bits per heavy atom. The van der Waals surface area contributed by atoms with Crippen LogP contribution in [0.5, 0.6) is 0 Å². The van der Waals surface area contributed by atoms with Gasteiger partial charge in [-0.25, -0.2) is 0 Å². The lowest BCUT2D eigenvalue weighted by Gasteiger charge is -1.99. The van der Waals surface area contributed by atoms with Crippen molar-refractivity contribution in [3.8, 4) is 0 Å². The minimum atomic E-state index is -2.01. The summed E-state index contributed by atoms with van der Waals surface area (Å²) < 4.78 is 0. The summed E-state index contributed by atoms with van der Waals surface area (Å²) in [6.45, 7) is 3.87. The molecule has 3 nitrogen and oxygen atoms in total. The first kappa shape index (κ1) is 9.23. The maximum atomic E-state index is 10.6. The van der Waals surface area contributed by atoms with Gasteiger partial charge in [-0.3, -0.25) is 0 Å². The summed E-state index contributed by atoms with van der Waals surface area (Å²) in [7, 11) is -2.01. The monoisotopic (exact) mass is 157 g/mol. The van der Waals surface area contributed by atoms with Gasteiger partial charge in [0.1, 0.15) is 16.2 Å². The molecule has 0 rings (SSSR count). The molecule has 0 N–H and O–H groups in total. The van der Waals surface area contributed by atoms with E-state index < -0.39 is 8.80 Å². The lowest BCUT2D eigenvalue weighted by Crippen LogP contribution is -2.39. The van der Waals surface area contributed by atoms with Gasteiger partial charge in [-0.15, -0.1) is 0 Å². The van der Waals surface area contributed by atoms with Crippen LogP contribution in [0.3, 0.4) is 0 Å². The Bertz CT molecular complexity index is 152. The molecule has 0 spiro atoms. The zero-order valence-corrected chi connectivity index (χ0v) is 7.22. The molecule has 0 heterocycles. The summed E-state index contributed by atoms with van der Waals surface area (Å²) in [5.41, 5.74) is 0. The number of rotatable bonds is 3. The molecule has 0 aliphatic rings. The van der Waals surface area contributed by atoms with Crippen LogP contribution < -0.4 is 0 Å². The highest BCUT2D eigenvalue weighted by Crippen LogP contribution is 1.88. The SMILES string of the molecule is CC(=O)[Si](C(C)=O)C(C)=O. The molecule has 0 aromatic rings. The van der Waals surface area contributed by atoms with E-state index in [0.29, 0.717) is 0 Å². The average Bonchev–Trinajstić information content (AvgIpc) is 1.59. The van der Waals surface area contributed by atoms with Crippen LogP contribution in [0.25, 0.3) is 0 Å². The summed E-state index contributed by atoms with van der Waals surface area (Å²) in [6, 6.07) is 0. The molecule has 0 aliphatic carbocycles. The van der Waals surface area contributed by atoms with Gasteiger partial charge in [-0.1, -0.05) is 0 Å². The quantitative estimate of drug-likeness (QED) is 0.536. The lowest BCUT2D eigenvalue weighted by molar-refractivity contribution is -0.116. The van der Waals surface area contributed by atoms with Gasteiger partial charge in [0.2, 0.25) is 0 Å². The third kappa shape index (κ3) is 2.22. The number of hydrogen-bond acceptors (Lipinski definition) is 3. The molecule has 0 fully saturated rings. The molecule has 0 unspecified atom stereocenters. The zero-order valence-electron chi connectivity index (χ0n) is 6.22. The van der Waals surface area contributed by atoms with Crippen molar-refractivity contribution in [3.63, 3.8) is 0 Å². The van der Waals surface area contributed by atoms with Crippen molar-refractivity contribution in [3.05, 3.63) is 0 Å². The third-order valence-corrected chi connectivity index (χ3v) is 3.17. The largest absolute Gasteiger partial charge is 0.305 e. The molecule has 0 aromatic heterocycles. The van der Waals surface area contributed by atoms with Gasteiger partial charge < -0.3 is 14.4 Å². The Kier molecular flexibility index (Phi) is 3.15. The number of carbonyl (C=O) groups excluding carboxylic acids is 3. The van der Waals surface area contributed by atoms with Crippen LogP contribution in [0.4, 0.5) is 0 Å². The standard InChI is InChI=1S/C6H9O3Si/c1-4(7)10(5(2)8)6(3)9/h1-3H3. The van der Waals surface area contributed by atoms with E-state index in [-0.39, 0.29) is 16.2 Å².